The number of hydrogen-bond acceptors (Lipinski definition) is 6. The Balaban J connectivity index is 1.46. The van der Waals surface area contributed by atoms with Gasteiger partial charge < -0.3 is 18.9 Å². The molecule has 4 rings (SSSR count). The SMILES string of the molecule is COc1ccccc1-c1noc([C@@H]2CCCN2C(=O)COc2ccc(F)cc2)n1. The van der Waals surface area contributed by atoms with Crippen LogP contribution in [0.2, 0.25) is 0 Å². The zero-order valence-electron chi connectivity index (χ0n) is 15.9. The number of nitrogens with zero attached hydrogens (tertiary/aromatic N) is 3. The number of halogens is 1. The Labute approximate surface area is 167 Å². The first-order chi connectivity index (χ1) is 14.2. The van der Waals surface area contributed by atoms with E-state index in [1.54, 1.807) is 12.0 Å². The highest BCUT2D eigenvalue weighted by molar-refractivity contribution is 5.78. The van der Waals surface area contributed by atoms with E-state index < -0.39 is 0 Å². The van der Waals surface area contributed by atoms with Gasteiger partial charge in [0.05, 0.1) is 12.7 Å². The van der Waals surface area contributed by atoms with Crippen molar-refractivity contribution in [2.24, 2.45) is 0 Å². The monoisotopic (exact) mass is 397 g/mol. The molecule has 0 radical (unpaired) electrons. The van der Waals surface area contributed by atoms with Crippen LogP contribution >= 0.6 is 0 Å². The van der Waals surface area contributed by atoms with Crippen molar-refractivity contribution >= 4 is 5.91 Å². The number of para-hydroxylation sites is 1. The van der Waals surface area contributed by atoms with E-state index in [0.717, 1.165) is 18.4 Å². The van der Waals surface area contributed by atoms with Gasteiger partial charge in [-0.3, -0.25) is 4.79 Å². The summed E-state index contributed by atoms with van der Waals surface area (Å²) in [7, 11) is 1.58. The number of aromatic nitrogens is 2. The Morgan fingerprint density at radius 1 is 1.24 bits per heavy atom. The first kappa shape index (κ1) is 18.9. The number of hydrogen-bond donors (Lipinski definition) is 0. The van der Waals surface area contributed by atoms with Crippen LogP contribution in [0.4, 0.5) is 4.39 Å². The minimum Gasteiger partial charge on any atom is -0.496 e. The highest BCUT2D eigenvalue weighted by Gasteiger charge is 2.34. The maximum absolute atomic E-state index is 13.0. The smallest absolute Gasteiger partial charge is 0.261 e. The van der Waals surface area contributed by atoms with E-state index in [-0.39, 0.29) is 24.4 Å². The minimum atomic E-state index is -0.356. The van der Waals surface area contributed by atoms with Gasteiger partial charge in [0.2, 0.25) is 11.7 Å². The van der Waals surface area contributed by atoms with Crippen LogP contribution in [0.25, 0.3) is 11.4 Å². The first-order valence-corrected chi connectivity index (χ1v) is 9.30. The van der Waals surface area contributed by atoms with Gasteiger partial charge in [0, 0.05) is 6.54 Å². The molecule has 8 heteroatoms. The molecule has 1 aliphatic heterocycles. The molecule has 0 bridgehead atoms. The average Bonchev–Trinajstić information content (AvgIpc) is 3.42. The van der Waals surface area contributed by atoms with Crippen LogP contribution in [0, 0.1) is 5.82 Å². The standard InChI is InChI=1S/C21H20FN3O4/c1-27-18-7-3-2-5-16(18)20-23-21(29-24-20)17-6-4-12-25(17)19(26)13-28-15-10-8-14(22)9-11-15/h2-3,5,7-11,17H,4,6,12-13H2,1H3/t17-/m0/s1. The van der Waals surface area contributed by atoms with Crippen molar-refractivity contribution in [3.63, 3.8) is 0 Å². The molecule has 3 aromatic rings. The number of methoxy groups -OCH3 is 1. The lowest BCUT2D eigenvalue weighted by Crippen LogP contribution is -2.34. The minimum absolute atomic E-state index is 0.143. The first-order valence-electron chi connectivity index (χ1n) is 9.30. The van der Waals surface area contributed by atoms with Crippen molar-refractivity contribution in [3.05, 3.63) is 60.2 Å². The fraction of sp³-hybridized carbons (Fsp3) is 0.286. The summed E-state index contributed by atoms with van der Waals surface area (Å²) in [5.74, 6) is 1.34. The zero-order valence-corrected chi connectivity index (χ0v) is 15.9. The van der Waals surface area contributed by atoms with Crippen molar-refractivity contribution in [1.29, 1.82) is 0 Å². The molecule has 150 valence electrons. The average molecular weight is 397 g/mol. The van der Waals surface area contributed by atoms with E-state index in [1.165, 1.54) is 24.3 Å². The lowest BCUT2D eigenvalue weighted by atomic mass is 10.2. The number of ether oxygens (including phenoxy) is 2. The molecule has 1 aromatic heterocycles. The van der Waals surface area contributed by atoms with Crippen LogP contribution in [0.15, 0.2) is 53.1 Å². The molecule has 0 aliphatic carbocycles. The maximum Gasteiger partial charge on any atom is 0.261 e. The van der Waals surface area contributed by atoms with Gasteiger partial charge in [-0.15, -0.1) is 0 Å². The number of carbonyl (C=O) groups is 1. The Bertz CT molecular complexity index is 990. The lowest BCUT2D eigenvalue weighted by molar-refractivity contribution is -0.134. The second-order valence-electron chi connectivity index (χ2n) is 6.64. The van der Waals surface area contributed by atoms with Crippen molar-refractivity contribution in [3.8, 4) is 22.9 Å². The third-order valence-corrected chi connectivity index (χ3v) is 4.82. The summed E-state index contributed by atoms with van der Waals surface area (Å²) in [6.07, 6.45) is 1.56. The normalized spacial score (nSPS) is 16.1. The zero-order chi connectivity index (χ0) is 20.2. The predicted octanol–water partition coefficient (Wildman–Crippen LogP) is 3.63. The van der Waals surface area contributed by atoms with Crippen LogP contribution < -0.4 is 9.47 Å². The van der Waals surface area contributed by atoms with Crippen LogP contribution in [0.1, 0.15) is 24.8 Å². The number of carbonyl (C=O) groups excluding carboxylic acids is 1. The van der Waals surface area contributed by atoms with Gasteiger partial charge in [0.15, 0.2) is 6.61 Å². The van der Waals surface area contributed by atoms with Gasteiger partial charge in [-0.25, -0.2) is 4.39 Å². The van der Waals surface area contributed by atoms with Gasteiger partial charge in [-0.05, 0) is 49.2 Å². The van der Waals surface area contributed by atoms with Crippen LogP contribution in [-0.4, -0.2) is 41.2 Å². The number of benzene rings is 2. The van der Waals surface area contributed by atoms with Crippen molar-refractivity contribution in [1.82, 2.24) is 15.0 Å². The van der Waals surface area contributed by atoms with E-state index in [4.69, 9.17) is 14.0 Å². The Morgan fingerprint density at radius 2 is 2.03 bits per heavy atom. The molecule has 0 unspecified atom stereocenters. The molecular formula is C21H20FN3O4. The summed E-state index contributed by atoms with van der Waals surface area (Å²) in [6.45, 7) is 0.443. The highest BCUT2D eigenvalue weighted by Crippen LogP contribution is 2.34. The molecule has 29 heavy (non-hydrogen) atoms. The molecule has 0 saturated carbocycles. The van der Waals surface area contributed by atoms with Crippen LogP contribution in [0.5, 0.6) is 11.5 Å². The second kappa shape index (κ2) is 8.30. The van der Waals surface area contributed by atoms with Crippen LogP contribution in [0.3, 0.4) is 0 Å². The Morgan fingerprint density at radius 3 is 2.83 bits per heavy atom. The van der Waals surface area contributed by atoms with Crippen molar-refractivity contribution < 1.29 is 23.2 Å². The van der Waals surface area contributed by atoms with E-state index in [9.17, 15) is 9.18 Å². The summed E-state index contributed by atoms with van der Waals surface area (Å²) < 4.78 is 29.3. The lowest BCUT2D eigenvalue weighted by Gasteiger charge is -2.21. The third kappa shape index (κ3) is 4.06. The molecule has 1 amide bonds. The number of rotatable bonds is 6. The summed E-state index contributed by atoms with van der Waals surface area (Å²) in [5.41, 5.74) is 0.723. The maximum atomic E-state index is 13.0. The van der Waals surface area contributed by atoms with E-state index in [2.05, 4.69) is 10.1 Å². The van der Waals surface area contributed by atoms with Gasteiger partial charge in [0.25, 0.3) is 5.91 Å². The Hall–Kier alpha value is -3.42. The van der Waals surface area contributed by atoms with E-state index in [0.29, 0.717) is 29.8 Å². The van der Waals surface area contributed by atoms with Crippen LogP contribution in [-0.2, 0) is 4.79 Å². The Kier molecular flexibility index (Phi) is 5.41. The van der Waals surface area contributed by atoms with Crippen molar-refractivity contribution in [2.45, 2.75) is 18.9 Å². The summed E-state index contributed by atoms with van der Waals surface area (Å²) >= 11 is 0. The summed E-state index contributed by atoms with van der Waals surface area (Å²) in [5, 5.41) is 4.06. The molecule has 1 atom stereocenters. The molecule has 1 fully saturated rings. The second-order valence-corrected chi connectivity index (χ2v) is 6.64. The topological polar surface area (TPSA) is 77.7 Å². The fourth-order valence-electron chi connectivity index (χ4n) is 3.39. The molecule has 2 aromatic carbocycles. The number of amides is 1. The van der Waals surface area contributed by atoms with Gasteiger partial charge in [-0.2, -0.15) is 4.98 Å². The largest absolute Gasteiger partial charge is 0.496 e. The van der Waals surface area contributed by atoms with Crippen molar-refractivity contribution in [2.75, 3.05) is 20.3 Å². The summed E-state index contributed by atoms with van der Waals surface area (Å²) in [6, 6.07) is 12.7. The molecule has 0 N–H and O–H groups in total. The fourth-order valence-corrected chi connectivity index (χ4v) is 3.39. The number of likely N-dealkylation sites (tertiary alicyclic amines) is 1. The quantitative estimate of drug-likeness (QED) is 0.632. The predicted molar refractivity (Wildman–Crippen MR) is 102 cm³/mol. The highest BCUT2D eigenvalue weighted by atomic mass is 19.1. The van der Waals surface area contributed by atoms with Gasteiger partial charge >= 0.3 is 0 Å². The molecule has 7 nitrogen and oxygen atoms in total. The molecular weight excluding hydrogens is 377 g/mol. The molecule has 1 aliphatic rings. The van der Waals surface area contributed by atoms with E-state index >= 15 is 0 Å². The molecule has 0 spiro atoms. The molecule has 1 saturated heterocycles. The van der Waals surface area contributed by atoms with Gasteiger partial charge in [0.1, 0.15) is 23.4 Å². The molecule has 2 heterocycles. The summed E-state index contributed by atoms with van der Waals surface area (Å²) in [4.78, 5) is 18.8. The van der Waals surface area contributed by atoms with Gasteiger partial charge in [-0.1, -0.05) is 17.3 Å². The third-order valence-electron chi connectivity index (χ3n) is 4.82. The van der Waals surface area contributed by atoms with E-state index in [1.807, 2.05) is 24.3 Å².